The Morgan fingerprint density at radius 1 is 1.18 bits per heavy atom. The number of hydrogen-bond donors (Lipinski definition) is 2. The SMILES string of the molecule is COc1ccc(C(=O)CCC(=O)NC2(CN)CCCC2)cc1. The minimum atomic E-state index is -0.250. The van der Waals surface area contributed by atoms with E-state index in [4.69, 9.17) is 10.5 Å². The van der Waals surface area contributed by atoms with Crippen molar-refractivity contribution in [3.63, 3.8) is 0 Å². The van der Waals surface area contributed by atoms with Gasteiger partial charge in [0.05, 0.1) is 12.6 Å². The van der Waals surface area contributed by atoms with Gasteiger partial charge in [0.1, 0.15) is 5.75 Å². The Bertz CT molecular complexity index is 519. The molecular weight excluding hydrogens is 280 g/mol. The zero-order valence-electron chi connectivity index (χ0n) is 13.1. The Morgan fingerprint density at radius 2 is 1.82 bits per heavy atom. The molecule has 0 aromatic heterocycles. The summed E-state index contributed by atoms with van der Waals surface area (Å²) in [6.07, 6.45) is 4.47. The van der Waals surface area contributed by atoms with E-state index in [0.29, 0.717) is 17.9 Å². The second kappa shape index (κ2) is 7.40. The Labute approximate surface area is 131 Å². The summed E-state index contributed by atoms with van der Waals surface area (Å²) >= 11 is 0. The van der Waals surface area contributed by atoms with Crippen molar-refractivity contribution in [2.45, 2.75) is 44.1 Å². The number of Topliss-reactive ketones (excluding diaryl/α,β-unsaturated/α-hetero) is 1. The van der Waals surface area contributed by atoms with Crippen LogP contribution in [0.15, 0.2) is 24.3 Å². The van der Waals surface area contributed by atoms with Gasteiger partial charge in [-0.3, -0.25) is 9.59 Å². The molecule has 1 aliphatic rings. The Kier molecular flexibility index (Phi) is 5.55. The highest BCUT2D eigenvalue weighted by molar-refractivity contribution is 5.98. The van der Waals surface area contributed by atoms with Crippen LogP contribution in [0.5, 0.6) is 5.75 Å². The van der Waals surface area contributed by atoms with Crippen LogP contribution in [-0.2, 0) is 4.79 Å². The van der Waals surface area contributed by atoms with E-state index in [9.17, 15) is 9.59 Å². The highest BCUT2D eigenvalue weighted by Gasteiger charge is 2.33. The number of nitrogens with one attached hydrogen (secondary N) is 1. The number of carbonyl (C=O) groups is 2. The van der Waals surface area contributed by atoms with Crippen molar-refractivity contribution in [3.8, 4) is 5.75 Å². The molecule has 1 aliphatic carbocycles. The zero-order valence-corrected chi connectivity index (χ0v) is 13.1. The van der Waals surface area contributed by atoms with Gasteiger partial charge in [0, 0.05) is 24.9 Å². The van der Waals surface area contributed by atoms with Gasteiger partial charge in [0.25, 0.3) is 0 Å². The number of nitrogens with two attached hydrogens (primary N) is 1. The van der Waals surface area contributed by atoms with Crippen LogP contribution < -0.4 is 15.8 Å². The number of ketones is 1. The monoisotopic (exact) mass is 304 g/mol. The first-order chi connectivity index (χ1) is 10.6. The third-order valence-electron chi connectivity index (χ3n) is 4.35. The maximum atomic E-state index is 12.1. The van der Waals surface area contributed by atoms with E-state index >= 15 is 0 Å². The normalized spacial score (nSPS) is 16.3. The van der Waals surface area contributed by atoms with Gasteiger partial charge in [-0.2, -0.15) is 0 Å². The predicted molar refractivity (Wildman–Crippen MR) is 85.0 cm³/mol. The lowest BCUT2D eigenvalue weighted by molar-refractivity contribution is -0.122. The summed E-state index contributed by atoms with van der Waals surface area (Å²) in [5, 5.41) is 3.03. The topological polar surface area (TPSA) is 81.4 Å². The summed E-state index contributed by atoms with van der Waals surface area (Å²) in [7, 11) is 1.58. The van der Waals surface area contributed by atoms with Gasteiger partial charge in [-0.15, -0.1) is 0 Å². The average Bonchev–Trinajstić information content (AvgIpc) is 3.01. The average molecular weight is 304 g/mol. The first-order valence-corrected chi connectivity index (χ1v) is 7.77. The van der Waals surface area contributed by atoms with Gasteiger partial charge in [0.15, 0.2) is 5.78 Å². The van der Waals surface area contributed by atoms with Crippen molar-refractivity contribution in [1.82, 2.24) is 5.32 Å². The Balaban J connectivity index is 1.83. The predicted octanol–water partition coefficient (Wildman–Crippen LogP) is 2.05. The molecule has 0 spiro atoms. The van der Waals surface area contributed by atoms with Crippen LogP contribution in [0.4, 0.5) is 0 Å². The van der Waals surface area contributed by atoms with Gasteiger partial charge in [-0.25, -0.2) is 0 Å². The summed E-state index contributed by atoms with van der Waals surface area (Å²) in [6.45, 7) is 0.463. The Morgan fingerprint density at radius 3 is 2.36 bits per heavy atom. The van der Waals surface area contributed by atoms with E-state index in [1.54, 1.807) is 31.4 Å². The van der Waals surface area contributed by atoms with Crippen molar-refractivity contribution in [2.75, 3.05) is 13.7 Å². The van der Waals surface area contributed by atoms with Crippen LogP contribution in [0, 0.1) is 0 Å². The Hall–Kier alpha value is -1.88. The summed E-state index contributed by atoms with van der Waals surface area (Å²) < 4.78 is 5.06. The second-order valence-corrected chi connectivity index (χ2v) is 5.89. The smallest absolute Gasteiger partial charge is 0.220 e. The fraction of sp³-hybridized carbons (Fsp3) is 0.529. The minimum absolute atomic E-state index is 0.0361. The summed E-state index contributed by atoms with van der Waals surface area (Å²) in [6, 6.07) is 6.93. The molecule has 1 amide bonds. The molecule has 5 nitrogen and oxygen atoms in total. The van der Waals surface area contributed by atoms with Crippen LogP contribution in [0.3, 0.4) is 0 Å². The van der Waals surface area contributed by atoms with Gasteiger partial charge in [-0.1, -0.05) is 12.8 Å². The first kappa shape index (κ1) is 16.5. The molecule has 0 atom stereocenters. The lowest BCUT2D eigenvalue weighted by Gasteiger charge is -2.28. The van der Waals surface area contributed by atoms with Gasteiger partial charge in [-0.05, 0) is 37.1 Å². The fourth-order valence-electron chi connectivity index (χ4n) is 2.94. The number of rotatable bonds is 7. The van der Waals surface area contributed by atoms with E-state index in [-0.39, 0.29) is 30.1 Å². The molecule has 0 bridgehead atoms. The maximum Gasteiger partial charge on any atom is 0.220 e. The quantitative estimate of drug-likeness (QED) is 0.755. The molecule has 3 N–H and O–H groups in total. The summed E-state index contributed by atoms with van der Waals surface area (Å²) in [5.74, 6) is 0.584. The van der Waals surface area contributed by atoms with E-state index in [1.807, 2.05) is 0 Å². The van der Waals surface area contributed by atoms with Crippen molar-refractivity contribution in [3.05, 3.63) is 29.8 Å². The molecule has 1 aromatic carbocycles. The van der Waals surface area contributed by atoms with E-state index in [1.165, 1.54) is 0 Å². The van der Waals surface area contributed by atoms with Crippen molar-refractivity contribution < 1.29 is 14.3 Å². The summed E-state index contributed by atoms with van der Waals surface area (Å²) in [5.41, 5.74) is 6.15. The van der Waals surface area contributed by atoms with Crippen molar-refractivity contribution >= 4 is 11.7 Å². The molecule has 0 saturated heterocycles. The third-order valence-corrected chi connectivity index (χ3v) is 4.35. The molecule has 0 radical (unpaired) electrons. The van der Waals surface area contributed by atoms with E-state index in [2.05, 4.69) is 5.32 Å². The van der Waals surface area contributed by atoms with Gasteiger partial charge >= 0.3 is 0 Å². The molecule has 1 fully saturated rings. The van der Waals surface area contributed by atoms with Gasteiger partial charge < -0.3 is 15.8 Å². The molecule has 1 saturated carbocycles. The number of methoxy groups -OCH3 is 1. The molecule has 0 unspecified atom stereocenters. The van der Waals surface area contributed by atoms with Crippen LogP contribution in [0.2, 0.25) is 0 Å². The standard InChI is InChI=1S/C17H24N2O3/c1-22-14-6-4-13(5-7-14)15(20)8-9-16(21)19-17(12-18)10-2-3-11-17/h4-7H,2-3,8-12,18H2,1H3,(H,19,21). The highest BCUT2D eigenvalue weighted by atomic mass is 16.5. The maximum absolute atomic E-state index is 12.1. The largest absolute Gasteiger partial charge is 0.497 e. The second-order valence-electron chi connectivity index (χ2n) is 5.89. The molecule has 0 heterocycles. The number of carbonyl (C=O) groups excluding carboxylic acids is 2. The third kappa shape index (κ3) is 4.07. The number of hydrogen-bond acceptors (Lipinski definition) is 4. The zero-order chi connectivity index (χ0) is 16.0. The molecule has 120 valence electrons. The number of ether oxygens (including phenoxy) is 1. The lowest BCUT2D eigenvalue weighted by atomic mass is 9.97. The van der Waals surface area contributed by atoms with Crippen LogP contribution in [0.25, 0.3) is 0 Å². The van der Waals surface area contributed by atoms with E-state index < -0.39 is 0 Å². The fourth-order valence-corrected chi connectivity index (χ4v) is 2.94. The molecule has 5 heteroatoms. The van der Waals surface area contributed by atoms with Crippen molar-refractivity contribution in [1.29, 1.82) is 0 Å². The number of amides is 1. The van der Waals surface area contributed by atoms with Crippen LogP contribution in [-0.4, -0.2) is 30.9 Å². The minimum Gasteiger partial charge on any atom is -0.497 e. The van der Waals surface area contributed by atoms with Gasteiger partial charge in [0.2, 0.25) is 5.91 Å². The molecule has 1 aromatic rings. The lowest BCUT2D eigenvalue weighted by Crippen LogP contribution is -2.51. The van der Waals surface area contributed by atoms with E-state index in [0.717, 1.165) is 25.7 Å². The molecule has 22 heavy (non-hydrogen) atoms. The molecule has 0 aliphatic heterocycles. The highest BCUT2D eigenvalue weighted by Crippen LogP contribution is 2.28. The molecular formula is C17H24N2O3. The van der Waals surface area contributed by atoms with Crippen LogP contribution in [0.1, 0.15) is 48.9 Å². The molecule has 2 rings (SSSR count). The van der Waals surface area contributed by atoms with Crippen LogP contribution >= 0.6 is 0 Å². The van der Waals surface area contributed by atoms with Crippen molar-refractivity contribution in [2.24, 2.45) is 5.73 Å². The number of benzene rings is 1. The first-order valence-electron chi connectivity index (χ1n) is 7.77. The summed E-state index contributed by atoms with van der Waals surface area (Å²) in [4.78, 5) is 24.2.